The summed E-state index contributed by atoms with van der Waals surface area (Å²) in [4.78, 5) is 10.3. The zero-order chi connectivity index (χ0) is 15.8. The summed E-state index contributed by atoms with van der Waals surface area (Å²) in [5.74, 6) is 1.18. The molecule has 0 amide bonds. The molecule has 0 fully saturated rings. The Kier molecular flexibility index (Phi) is 6.69. The molecular weight excluding hydrogens is 317 g/mol. The zero-order valence-electron chi connectivity index (χ0n) is 12.5. The fourth-order valence-electron chi connectivity index (χ4n) is 2.19. The third-order valence-corrected chi connectivity index (χ3v) is 3.70. The van der Waals surface area contributed by atoms with E-state index in [0.717, 1.165) is 24.5 Å². The van der Waals surface area contributed by atoms with Gasteiger partial charge in [0, 0.05) is 36.7 Å². The summed E-state index contributed by atoms with van der Waals surface area (Å²) in [7, 11) is 0. The maximum atomic E-state index is 5.86. The van der Waals surface area contributed by atoms with Crippen LogP contribution in [0.15, 0.2) is 36.8 Å². The highest BCUT2D eigenvalue weighted by molar-refractivity contribution is 6.18. The van der Waals surface area contributed by atoms with Crippen LogP contribution >= 0.6 is 23.2 Å². The van der Waals surface area contributed by atoms with E-state index < -0.39 is 0 Å². The second-order valence-electron chi connectivity index (χ2n) is 4.87. The van der Waals surface area contributed by atoms with Crippen molar-refractivity contribution in [3.05, 3.63) is 53.6 Å². The third-order valence-electron chi connectivity index (χ3n) is 3.37. The lowest BCUT2D eigenvalue weighted by Gasteiger charge is -2.23. The summed E-state index contributed by atoms with van der Waals surface area (Å²) in [6.45, 7) is 3.69. The molecule has 0 aliphatic rings. The van der Waals surface area contributed by atoms with E-state index in [1.807, 2.05) is 12.1 Å². The minimum Gasteiger partial charge on any atom is -0.369 e. The van der Waals surface area contributed by atoms with Gasteiger partial charge in [-0.05, 0) is 42.3 Å². The Hall–Kier alpha value is -1.58. The highest BCUT2D eigenvalue weighted by Gasteiger charge is 2.06. The summed E-state index contributed by atoms with van der Waals surface area (Å²) in [6, 6.07) is 8.26. The van der Waals surface area contributed by atoms with Gasteiger partial charge in [0.2, 0.25) is 0 Å². The minimum absolute atomic E-state index is 0.589. The molecule has 1 heterocycles. The van der Waals surface area contributed by atoms with Gasteiger partial charge in [-0.15, -0.1) is 23.2 Å². The smallest absolute Gasteiger partial charge is 0.115 e. The van der Waals surface area contributed by atoms with Gasteiger partial charge in [0.05, 0.1) is 5.69 Å². The van der Waals surface area contributed by atoms with Crippen LogP contribution in [0.3, 0.4) is 0 Å². The first-order valence-corrected chi connectivity index (χ1v) is 8.23. The molecule has 22 heavy (non-hydrogen) atoms. The highest BCUT2D eigenvalue weighted by Crippen LogP contribution is 2.21. The molecule has 0 unspecified atom stereocenters. The monoisotopic (exact) mass is 335 g/mol. The predicted octanol–water partition coefficient (Wildman–Crippen LogP) is 4.24. The average Bonchev–Trinajstić information content (AvgIpc) is 2.54. The van der Waals surface area contributed by atoms with Crippen LogP contribution in [-0.4, -0.2) is 34.8 Å². The second kappa shape index (κ2) is 8.76. The van der Waals surface area contributed by atoms with Crippen molar-refractivity contribution < 1.29 is 0 Å². The summed E-state index contributed by atoms with van der Waals surface area (Å²) >= 11 is 11.7. The van der Waals surface area contributed by atoms with Gasteiger partial charge in [0.15, 0.2) is 0 Å². The fraction of sp³-hybridized carbons (Fsp3) is 0.294. The van der Waals surface area contributed by atoms with Crippen molar-refractivity contribution in [1.29, 1.82) is 0 Å². The molecule has 2 aromatic rings. The van der Waals surface area contributed by atoms with Gasteiger partial charge in [0.1, 0.15) is 6.33 Å². The summed E-state index contributed by atoms with van der Waals surface area (Å²) in [5.41, 5.74) is 4.42. The zero-order valence-corrected chi connectivity index (χ0v) is 14.1. The Morgan fingerprint density at radius 1 is 1.09 bits per heavy atom. The van der Waals surface area contributed by atoms with Crippen LogP contribution < -0.4 is 4.90 Å². The van der Waals surface area contributed by atoms with E-state index in [4.69, 9.17) is 23.2 Å². The van der Waals surface area contributed by atoms with E-state index in [0.29, 0.717) is 11.8 Å². The van der Waals surface area contributed by atoms with Crippen LogP contribution in [0.25, 0.3) is 12.2 Å². The van der Waals surface area contributed by atoms with Gasteiger partial charge in [0.25, 0.3) is 0 Å². The molecular formula is C17H19Cl2N3. The topological polar surface area (TPSA) is 29.0 Å². The SMILES string of the molecule is Cc1cc(N(CCCl)CCCl)ccc1/C=C/c1ccncn1. The minimum atomic E-state index is 0.589. The quantitative estimate of drug-likeness (QED) is 0.708. The summed E-state index contributed by atoms with van der Waals surface area (Å²) in [5, 5.41) is 0. The number of hydrogen-bond acceptors (Lipinski definition) is 3. The van der Waals surface area contributed by atoms with E-state index in [-0.39, 0.29) is 0 Å². The van der Waals surface area contributed by atoms with E-state index in [2.05, 4.69) is 46.1 Å². The normalized spacial score (nSPS) is 11.0. The highest BCUT2D eigenvalue weighted by atomic mass is 35.5. The van der Waals surface area contributed by atoms with Crippen LogP contribution in [0, 0.1) is 6.92 Å². The molecule has 0 spiro atoms. The Labute approximate surface area is 141 Å². The summed E-state index contributed by atoms with van der Waals surface area (Å²) in [6.07, 6.45) is 7.33. The van der Waals surface area contributed by atoms with Crippen LogP contribution in [0.2, 0.25) is 0 Å². The van der Waals surface area contributed by atoms with Crippen LogP contribution in [0.5, 0.6) is 0 Å². The van der Waals surface area contributed by atoms with E-state index in [1.54, 1.807) is 12.5 Å². The first-order valence-electron chi connectivity index (χ1n) is 7.16. The Morgan fingerprint density at radius 3 is 2.45 bits per heavy atom. The molecule has 116 valence electrons. The van der Waals surface area contributed by atoms with Gasteiger partial charge < -0.3 is 4.90 Å². The molecule has 0 saturated carbocycles. The lowest BCUT2D eigenvalue weighted by molar-refractivity contribution is 0.873. The van der Waals surface area contributed by atoms with Crippen molar-refractivity contribution in [3.8, 4) is 0 Å². The maximum Gasteiger partial charge on any atom is 0.115 e. The van der Waals surface area contributed by atoms with Gasteiger partial charge in [-0.2, -0.15) is 0 Å². The molecule has 2 rings (SSSR count). The Balaban J connectivity index is 2.17. The molecule has 0 bridgehead atoms. The van der Waals surface area contributed by atoms with Crippen LogP contribution in [-0.2, 0) is 0 Å². The molecule has 5 heteroatoms. The van der Waals surface area contributed by atoms with Gasteiger partial charge in [-0.3, -0.25) is 0 Å². The van der Waals surface area contributed by atoms with Gasteiger partial charge >= 0.3 is 0 Å². The molecule has 0 saturated heterocycles. The lowest BCUT2D eigenvalue weighted by atomic mass is 10.1. The number of hydrogen-bond donors (Lipinski definition) is 0. The first-order chi connectivity index (χ1) is 10.7. The number of aromatic nitrogens is 2. The van der Waals surface area contributed by atoms with Crippen molar-refractivity contribution in [2.75, 3.05) is 29.7 Å². The van der Waals surface area contributed by atoms with E-state index in [1.165, 1.54) is 11.1 Å². The Morgan fingerprint density at radius 2 is 1.86 bits per heavy atom. The maximum absolute atomic E-state index is 5.86. The van der Waals surface area contributed by atoms with Gasteiger partial charge in [-0.1, -0.05) is 12.1 Å². The van der Waals surface area contributed by atoms with Crippen LogP contribution in [0.4, 0.5) is 5.69 Å². The molecule has 0 N–H and O–H groups in total. The van der Waals surface area contributed by atoms with E-state index >= 15 is 0 Å². The third kappa shape index (κ3) is 4.72. The largest absolute Gasteiger partial charge is 0.369 e. The molecule has 1 aromatic carbocycles. The van der Waals surface area contributed by atoms with E-state index in [9.17, 15) is 0 Å². The Bertz CT molecular complexity index is 609. The number of nitrogens with zero attached hydrogens (tertiary/aromatic N) is 3. The van der Waals surface area contributed by atoms with Crippen LogP contribution in [0.1, 0.15) is 16.8 Å². The lowest BCUT2D eigenvalue weighted by Crippen LogP contribution is -2.27. The number of alkyl halides is 2. The van der Waals surface area contributed by atoms with Crippen molar-refractivity contribution in [1.82, 2.24) is 9.97 Å². The number of halogens is 2. The first kappa shape index (κ1) is 16.8. The van der Waals surface area contributed by atoms with Crippen molar-refractivity contribution in [3.63, 3.8) is 0 Å². The van der Waals surface area contributed by atoms with Crippen molar-refractivity contribution in [2.24, 2.45) is 0 Å². The molecule has 3 nitrogen and oxygen atoms in total. The average molecular weight is 336 g/mol. The molecule has 0 aliphatic carbocycles. The fourth-order valence-corrected chi connectivity index (χ4v) is 2.60. The standard InChI is InChI=1S/C17H19Cl2N3/c1-14-12-17(22(10-7-18)11-8-19)5-3-15(14)2-4-16-6-9-20-13-21-16/h2-6,9,12-13H,7-8,10-11H2,1H3/b4-2+. The number of benzene rings is 1. The number of anilines is 1. The van der Waals surface area contributed by atoms with Crippen molar-refractivity contribution in [2.45, 2.75) is 6.92 Å². The van der Waals surface area contributed by atoms with Crippen molar-refractivity contribution >= 4 is 41.0 Å². The molecule has 0 atom stereocenters. The molecule has 0 aliphatic heterocycles. The predicted molar refractivity (Wildman–Crippen MR) is 95.8 cm³/mol. The second-order valence-corrected chi connectivity index (χ2v) is 5.63. The molecule has 1 aromatic heterocycles. The number of rotatable bonds is 7. The summed E-state index contributed by atoms with van der Waals surface area (Å²) < 4.78 is 0. The molecule has 0 radical (unpaired) electrons. The van der Waals surface area contributed by atoms with Gasteiger partial charge in [-0.25, -0.2) is 9.97 Å². The number of aryl methyl sites for hydroxylation is 1.